The van der Waals surface area contributed by atoms with E-state index >= 15 is 0 Å². The molecule has 0 unspecified atom stereocenters. The van der Waals surface area contributed by atoms with Gasteiger partial charge in [0.2, 0.25) is 5.91 Å². The van der Waals surface area contributed by atoms with Gasteiger partial charge in [-0.15, -0.1) is 0 Å². The van der Waals surface area contributed by atoms with E-state index in [0.717, 1.165) is 12.1 Å². The molecule has 0 radical (unpaired) electrons. The summed E-state index contributed by atoms with van der Waals surface area (Å²) in [5.74, 6) is -1.33. The number of nitrogens with one attached hydrogen (secondary N) is 2. The Morgan fingerprint density at radius 1 is 1.25 bits per heavy atom. The number of aromatic nitrogens is 3. The minimum atomic E-state index is -4.68. The highest BCUT2D eigenvalue weighted by Gasteiger charge is 2.32. The molecule has 0 aliphatic heterocycles. The zero-order valence-electron chi connectivity index (χ0n) is 15.3. The molecule has 1 aromatic heterocycles. The molecule has 0 saturated heterocycles. The van der Waals surface area contributed by atoms with Crippen LogP contribution in [0.4, 0.5) is 18.9 Å². The van der Waals surface area contributed by atoms with Crippen molar-refractivity contribution in [2.24, 2.45) is 0 Å². The number of carbonyl (C=O) groups is 2. The number of nitrogens with zero attached hydrogens (tertiary/aromatic N) is 3. The Balaban J connectivity index is 2.10. The lowest BCUT2D eigenvalue weighted by atomic mass is 10.1. The molecule has 0 aliphatic rings. The third-order valence-corrected chi connectivity index (χ3v) is 3.45. The smallest absolute Gasteiger partial charge is 0.369 e. The number of halogens is 3. The lowest BCUT2D eigenvalue weighted by Gasteiger charge is -2.14. The molecular formula is C17H20F3N5O3. The van der Waals surface area contributed by atoms with Gasteiger partial charge in [0.1, 0.15) is 19.3 Å². The average molecular weight is 399 g/mol. The molecular weight excluding hydrogens is 379 g/mol. The summed E-state index contributed by atoms with van der Waals surface area (Å²) in [6.45, 7) is 3.58. The normalized spacial score (nSPS) is 11.5. The van der Waals surface area contributed by atoms with Gasteiger partial charge in [-0.25, -0.2) is 4.98 Å². The largest absolute Gasteiger partial charge is 0.416 e. The molecule has 152 valence electrons. The summed E-state index contributed by atoms with van der Waals surface area (Å²) < 4.78 is 46.0. The second kappa shape index (κ2) is 9.31. The van der Waals surface area contributed by atoms with Crippen LogP contribution in [0, 0.1) is 0 Å². The fourth-order valence-electron chi connectivity index (χ4n) is 2.17. The molecule has 28 heavy (non-hydrogen) atoms. The van der Waals surface area contributed by atoms with Gasteiger partial charge >= 0.3 is 6.18 Å². The summed E-state index contributed by atoms with van der Waals surface area (Å²) in [7, 11) is 0. The van der Waals surface area contributed by atoms with Crippen LogP contribution in [0.3, 0.4) is 0 Å². The molecule has 2 aromatic rings. The maximum Gasteiger partial charge on any atom is 0.416 e. The monoisotopic (exact) mass is 399 g/mol. The molecule has 2 rings (SSSR count). The van der Waals surface area contributed by atoms with Gasteiger partial charge in [0.15, 0.2) is 0 Å². The molecule has 0 aliphatic carbocycles. The van der Waals surface area contributed by atoms with Crippen LogP contribution >= 0.6 is 0 Å². The van der Waals surface area contributed by atoms with Gasteiger partial charge in [-0.05, 0) is 32.0 Å². The van der Waals surface area contributed by atoms with Crippen molar-refractivity contribution in [1.82, 2.24) is 20.1 Å². The van der Waals surface area contributed by atoms with Gasteiger partial charge in [-0.1, -0.05) is 0 Å². The minimum absolute atomic E-state index is 0.141. The van der Waals surface area contributed by atoms with Crippen LogP contribution in [0.5, 0.6) is 0 Å². The first-order valence-corrected chi connectivity index (χ1v) is 8.39. The van der Waals surface area contributed by atoms with Crippen molar-refractivity contribution < 1.29 is 27.5 Å². The van der Waals surface area contributed by atoms with E-state index < -0.39 is 23.6 Å². The molecule has 2 N–H and O–H groups in total. The summed E-state index contributed by atoms with van der Waals surface area (Å²) in [6, 6.07) is 2.66. The summed E-state index contributed by atoms with van der Waals surface area (Å²) >= 11 is 0. The SMILES string of the molecule is CC(C)OCC(=O)Nc1cc(C(=O)NCCn2cncn2)cc(C(F)(F)F)c1. The highest BCUT2D eigenvalue weighted by atomic mass is 19.4. The molecule has 0 atom stereocenters. The summed E-state index contributed by atoms with van der Waals surface area (Å²) in [5.41, 5.74) is -1.42. The quantitative estimate of drug-likeness (QED) is 0.708. The standard InChI is InChI=1S/C17H20F3N5O3/c1-11(2)28-8-15(26)24-14-6-12(5-13(7-14)17(18,19)20)16(27)22-3-4-25-10-21-9-23-25/h5-7,9-11H,3-4,8H2,1-2H3,(H,22,27)(H,24,26). The molecule has 0 saturated carbocycles. The molecule has 11 heteroatoms. The first-order chi connectivity index (χ1) is 13.1. The Hall–Kier alpha value is -2.95. The van der Waals surface area contributed by atoms with Crippen LogP contribution in [0.15, 0.2) is 30.9 Å². The van der Waals surface area contributed by atoms with E-state index in [9.17, 15) is 22.8 Å². The van der Waals surface area contributed by atoms with Crippen molar-refractivity contribution in [3.8, 4) is 0 Å². The van der Waals surface area contributed by atoms with Crippen molar-refractivity contribution in [1.29, 1.82) is 0 Å². The van der Waals surface area contributed by atoms with Gasteiger partial charge in [0.05, 0.1) is 18.2 Å². The minimum Gasteiger partial charge on any atom is -0.369 e. The van der Waals surface area contributed by atoms with Crippen LogP contribution in [-0.2, 0) is 22.3 Å². The predicted octanol–water partition coefficient (Wildman–Crippen LogP) is 2.09. The number of alkyl halides is 3. The molecule has 8 nitrogen and oxygen atoms in total. The number of rotatable bonds is 8. The highest BCUT2D eigenvalue weighted by Crippen LogP contribution is 2.32. The Labute approximate surface area is 159 Å². The Morgan fingerprint density at radius 3 is 2.61 bits per heavy atom. The van der Waals surface area contributed by atoms with E-state index in [1.165, 1.54) is 23.4 Å². The number of hydrogen-bond donors (Lipinski definition) is 2. The number of anilines is 1. The third-order valence-electron chi connectivity index (χ3n) is 3.45. The number of ether oxygens (including phenoxy) is 1. The van der Waals surface area contributed by atoms with Crippen molar-refractivity contribution in [3.05, 3.63) is 42.0 Å². The third kappa shape index (κ3) is 6.65. The molecule has 1 heterocycles. The lowest BCUT2D eigenvalue weighted by molar-refractivity contribution is -0.137. The molecule has 0 fully saturated rings. The van der Waals surface area contributed by atoms with E-state index in [0.29, 0.717) is 6.54 Å². The maximum absolute atomic E-state index is 13.2. The fraction of sp³-hybridized carbons (Fsp3) is 0.412. The summed E-state index contributed by atoms with van der Waals surface area (Å²) in [4.78, 5) is 27.8. The predicted molar refractivity (Wildman–Crippen MR) is 93.5 cm³/mol. The Morgan fingerprint density at radius 2 is 2.00 bits per heavy atom. The number of benzene rings is 1. The van der Waals surface area contributed by atoms with Crippen LogP contribution < -0.4 is 10.6 Å². The van der Waals surface area contributed by atoms with Gasteiger partial charge in [-0.2, -0.15) is 18.3 Å². The van der Waals surface area contributed by atoms with E-state index in [1.54, 1.807) is 13.8 Å². The van der Waals surface area contributed by atoms with E-state index in [1.807, 2.05) is 0 Å². The van der Waals surface area contributed by atoms with Crippen LogP contribution in [0.25, 0.3) is 0 Å². The van der Waals surface area contributed by atoms with Gasteiger partial charge in [0, 0.05) is 17.8 Å². The maximum atomic E-state index is 13.2. The van der Waals surface area contributed by atoms with E-state index in [4.69, 9.17) is 4.74 Å². The zero-order chi connectivity index (χ0) is 20.7. The lowest BCUT2D eigenvalue weighted by Crippen LogP contribution is -2.28. The van der Waals surface area contributed by atoms with Crippen molar-refractivity contribution >= 4 is 17.5 Å². The topological polar surface area (TPSA) is 98.1 Å². The molecule has 0 spiro atoms. The van der Waals surface area contributed by atoms with E-state index in [2.05, 4.69) is 20.7 Å². The van der Waals surface area contributed by atoms with Crippen molar-refractivity contribution in [2.45, 2.75) is 32.7 Å². The first kappa shape index (κ1) is 21.4. The fourth-order valence-corrected chi connectivity index (χ4v) is 2.17. The number of amides is 2. The summed E-state index contributed by atoms with van der Waals surface area (Å²) in [5, 5.41) is 8.68. The first-order valence-electron chi connectivity index (χ1n) is 8.39. The second-order valence-electron chi connectivity index (χ2n) is 6.12. The highest BCUT2D eigenvalue weighted by molar-refractivity contribution is 5.97. The van der Waals surface area contributed by atoms with Gasteiger partial charge in [0.25, 0.3) is 5.91 Å². The van der Waals surface area contributed by atoms with Gasteiger partial charge in [-0.3, -0.25) is 14.3 Å². The molecule has 0 bridgehead atoms. The number of carbonyl (C=O) groups excluding carboxylic acids is 2. The summed E-state index contributed by atoms with van der Waals surface area (Å²) in [6.07, 6.45) is -2.11. The molecule has 2 amide bonds. The van der Waals surface area contributed by atoms with Crippen LogP contribution in [0.1, 0.15) is 29.8 Å². The Kier molecular flexibility index (Phi) is 7.10. The van der Waals surface area contributed by atoms with Crippen molar-refractivity contribution in [3.63, 3.8) is 0 Å². The zero-order valence-corrected chi connectivity index (χ0v) is 15.3. The van der Waals surface area contributed by atoms with Crippen LogP contribution in [0.2, 0.25) is 0 Å². The number of hydrogen-bond acceptors (Lipinski definition) is 5. The second-order valence-corrected chi connectivity index (χ2v) is 6.12. The van der Waals surface area contributed by atoms with Gasteiger partial charge < -0.3 is 15.4 Å². The van der Waals surface area contributed by atoms with Crippen molar-refractivity contribution in [2.75, 3.05) is 18.5 Å². The Bertz CT molecular complexity index is 807. The molecule has 1 aromatic carbocycles. The van der Waals surface area contributed by atoms with Crippen LogP contribution in [-0.4, -0.2) is 45.8 Å². The average Bonchev–Trinajstić information content (AvgIpc) is 3.12. The van der Waals surface area contributed by atoms with E-state index in [-0.39, 0.29) is 30.5 Å².